The topological polar surface area (TPSA) is 8.17 Å². The lowest BCUT2D eigenvalue weighted by Gasteiger charge is -2.34. The van der Waals surface area contributed by atoms with Gasteiger partial charge in [-0.2, -0.15) is 0 Å². The van der Waals surface area contributed by atoms with Crippen molar-refractivity contribution in [2.75, 3.05) is 4.90 Å². The van der Waals surface area contributed by atoms with E-state index in [0.717, 1.165) is 24.2 Å². The first-order chi connectivity index (χ1) is 34.7. The summed E-state index contributed by atoms with van der Waals surface area (Å²) in [5, 5.41) is 1.32. The predicted molar refractivity (Wildman–Crippen MR) is 295 cm³/mol. The summed E-state index contributed by atoms with van der Waals surface area (Å²) in [6.07, 6.45) is 4.39. The van der Waals surface area contributed by atoms with Gasteiger partial charge in [0, 0.05) is 27.9 Å². The van der Waals surface area contributed by atoms with Gasteiger partial charge in [0.1, 0.15) is 0 Å². The third kappa shape index (κ3) is 7.37. The summed E-state index contributed by atoms with van der Waals surface area (Å²) in [5.41, 5.74) is 22.1. The minimum absolute atomic E-state index is 0.480. The lowest BCUT2D eigenvalue weighted by Crippen LogP contribution is -2.28. The van der Waals surface area contributed by atoms with Crippen LogP contribution in [0, 0.1) is 6.92 Å². The molecule has 13 rings (SSSR count). The number of aromatic nitrogens is 1. The lowest BCUT2D eigenvalue weighted by atomic mass is 9.68. The Balaban J connectivity index is 0.000000785. The highest BCUT2D eigenvalue weighted by atomic mass is 15.1. The lowest BCUT2D eigenvalue weighted by molar-refractivity contribution is 0.768. The van der Waals surface area contributed by atoms with Crippen molar-refractivity contribution in [3.63, 3.8) is 0 Å². The molecule has 70 heavy (non-hydrogen) atoms. The molecule has 0 fully saturated rings. The molecule has 2 heteroatoms. The van der Waals surface area contributed by atoms with Crippen molar-refractivity contribution < 1.29 is 0 Å². The summed E-state index contributed by atoms with van der Waals surface area (Å²) in [6.45, 7) is 2.14. The number of nitrogens with zero attached hydrogens (tertiary/aromatic N) is 2. The number of fused-ring (bicyclic) bond motifs is 6. The van der Waals surface area contributed by atoms with Crippen LogP contribution in [-0.4, -0.2) is 4.57 Å². The van der Waals surface area contributed by atoms with E-state index in [0.29, 0.717) is 0 Å². The van der Waals surface area contributed by atoms with Crippen molar-refractivity contribution in [1.82, 2.24) is 4.57 Å². The van der Waals surface area contributed by atoms with E-state index in [1.165, 1.54) is 94.7 Å². The van der Waals surface area contributed by atoms with Gasteiger partial charge in [0.25, 0.3) is 0 Å². The highest BCUT2D eigenvalue weighted by Crippen LogP contribution is 2.58. The van der Waals surface area contributed by atoms with Crippen LogP contribution in [0.25, 0.3) is 50.5 Å². The van der Waals surface area contributed by atoms with Crippen LogP contribution in [0.4, 0.5) is 17.1 Å². The van der Waals surface area contributed by atoms with Crippen LogP contribution in [0.3, 0.4) is 0 Å². The molecule has 1 heterocycles. The minimum atomic E-state index is -0.480. The maximum atomic E-state index is 2.58. The summed E-state index contributed by atoms with van der Waals surface area (Å²) in [6, 6.07) is 97.0. The second-order valence-electron chi connectivity index (χ2n) is 18.4. The van der Waals surface area contributed by atoms with Crippen LogP contribution >= 0.6 is 0 Å². The van der Waals surface area contributed by atoms with E-state index < -0.39 is 5.41 Å². The molecule has 0 saturated carbocycles. The Morgan fingerprint density at radius 2 is 0.929 bits per heavy atom. The number of aryl methyl sites for hydroxylation is 2. The number of hydrogen-bond donors (Lipinski definition) is 0. The molecular formula is C68H52N2. The summed E-state index contributed by atoms with van der Waals surface area (Å²) < 4.78 is 2.58. The van der Waals surface area contributed by atoms with E-state index in [2.05, 4.69) is 253 Å². The maximum Gasteiger partial charge on any atom is 0.0714 e. The van der Waals surface area contributed by atoms with Gasteiger partial charge in [-0.15, -0.1) is 0 Å². The highest BCUT2D eigenvalue weighted by molar-refractivity contribution is 6.00. The first-order valence-electron chi connectivity index (χ1n) is 24.5. The summed E-state index contributed by atoms with van der Waals surface area (Å²) in [5.74, 6) is 0. The molecule has 0 aliphatic heterocycles. The Morgan fingerprint density at radius 1 is 0.414 bits per heavy atom. The Kier molecular flexibility index (Phi) is 11.2. The first-order valence-corrected chi connectivity index (χ1v) is 24.5. The highest BCUT2D eigenvalue weighted by Gasteiger charge is 2.47. The Morgan fingerprint density at radius 3 is 1.60 bits per heavy atom. The Labute approximate surface area is 411 Å². The number of rotatable bonds is 8. The molecule has 0 atom stereocenters. The predicted octanol–water partition coefficient (Wildman–Crippen LogP) is 17.6. The average molecular weight is 897 g/mol. The van der Waals surface area contributed by atoms with Gasteiger partial charge < -0.3 is 9.47 Å². The van der Waals surface area contributed by atoms with Crippen molar-refractivity contribution in [3.8, 4) is 27.9 Å². The molecular weight excluding hydrogens is 845 g/mol. The van der Waals surface area contributed by atoms with Crippen molar-refractivity contribution in [1.29, 1.82) is 0 Å². The minimum Gasteiger partial charge on any atom is -0.310 e. The van der Waals surface area contributed by atoms with E-state index in [9.17, 15) is 0 Å². The summed E-state index contributed by atoms with van der Waals surface area (Å²) >= 11 is 0. The van der Waals surface area contributed by atoms with E-state index in [4.69, 9.17) is 0 Å². The van der Waals surface area contributed by atoms with Crippen LogP contribution in [0.15, 0.2) is 267 Å². The molecule has 0 amide bonds. The fourth-order valence-corrected chi connectivity index (χ4v) is 11.2. The molecule has 0 bridgehead atoms. The normalized spacial score (nSPS) is 13.0. The molecule has 1 aromatic heterocycles. The first kappa shape index (κ1) is 42.6. The average Bonchev–Trinajstić information content (AvgIpc) is 3.94. The Bertz CT molecular complexity index is 3560. The zero-order chi connectivity index (χ0) is 46.9. The zero-order valence-electron chi connectivity index (χ0n) is 39.3. The smallest absolute Gasteiger partial charge is 0.0714 e. The number of benzene rings is 10. The molecule has 0 N–H and O–H groups in total. The molecule has 0 spiro atoms. The van der Waals surface area contributed by atoms with E-state index in [1.807, 2.05) is 36.4 Å². The molecule has 334 valence electrons. The molecule has 0 saturated heterocycles. The second-order valence-corrected chi connectivity index (χ2v) is 18.4. The number of allylic oxidation sites excluding steroid dienone is 1. The molecule has 0 unspecified atom stereocenters. The van der Waals surface area contributed by atoms with Crippen molar-refractivity contribution in [3.05, 3.63) is 312 Å². The third-order valence-corrected chi connectivity index (χ3v) is 14.4. The van der Waals surface area contributed by atoms with Crippen molar-refractivity contribution in [2.24, 2.45) is 0 Å². The monoisotopic (exact) mass is 896 g/mol. The van der Waals surface area contributed by atoms with Gasteiger partial charge in [-0.25, -0.2) is 0 Å². The van der Waals surface area contributed by atoms with E-state index in [-0.39, 0.29) is 0 Å². The number of hydrogen-bond acceptors (Lipinski definition) is 1. The standard InChI is InChI=1S/C62H46N2.C6H6/c1-43-32-34-44(35-33-43)45-36-39-50(40-37-45)63(49-22-9-4-10-23-49)57-29-15-12-24-51(57)46-38-41-53-52-25-13-16-30-58(52)64(60(53)42-46)59-31-17-28-56-61(59)54-26-11-14-27-55(54)62(56,47-18-5-2-6-19-47)48-20-7-3-8-21-48;1-2-4-6-5-3-1/h2-37,39-40,42H,38,41H2,1H3;1-6H. The van der Waals surface area contributed by atoms with Gasteiger partial charge in [-0.05, 0) is 118 Å². The SMILES string of the molecule is Cc1ccc(-c2ccc(N(c3ccccc3)c3ccccc3C3=Cc4c(c5ccccc5n4-c4cccc5c4-c4ccccc4C5(c4ccccc4)c4ccccc4)CC3)cc2)cc1.c1ccccc1. The molecule has 2 aliphatic rings. The van der Waals surface area contributed by atoms with Crippen LogP contribution in [0.1, 0.15) is 51.1 Å². The van der Waals surface area contributed by atoms with Gasteiger partial charge in [0.05, 0.1) is 28.0 Å². The molecule has 2 aliphatic carbocycles. The summed E-state index contributed by atoms with van der Waals surface area (Å²) in [7, 11) is 0. The molecule has 2 nitrogen and oxygen atoms in total. The molecule has 10 aromatic carbocycles. The maximum absolute atomic E-state index is 2.58. The fraction of sp³-hybridized carbons (Fsp3) is 0.0588. The molecule has 11 aromatic rings. The van der Waals surface area contributed by atoms with Gasteiger partial charge in [0.2, 0.25) is 0 Å². The van der Waals surface area contributed by atoms with Gasteiger partial charge in [-0.1, -0.05) is 230 Å². The van der Waals surface area contributed by atoms with Crippen LogP contribution < -0.4 is 4.90 Å². The quantitative estimate of drug-likeness (QED) is 0.148. The third-order valence-electron chi connectivity index (χ3n) is 14.4. The van der Waals surface area contributed by atoms with Crippen LogP contribution in [0.2, 0.25) is 0 Å². The zero-order valence-corrected chi connectivity index (χ0v) is 39.3. The number of para-hydroxylation sites is 3. The van der Waals surface area contributed by atoms with Gasteiger partial charge in [0.15, 0.2) is 0 Å². The molecule has 0 radical (unpaired) electrons. The largest absolute Gasteiger partial charge is 0.310 e. The van der Waals surface area contributed by atoms with Crippen molar-refractivity contribution >= 4 is 39.6 Å². The second kappa shape index (κ2) is 18.4. The fourth-order valence-electron chi connectivity index (χ4n) is 11.2. The Hall–Kier alpha value is -8.72. The van der Waals surface area contributed by atoms with Crippen molar-refractivity contribution in [2.45, 2.75) is 25.2 Å². The van der Waals surface area contributed by atoms with Crippen LogP contribution in [-0.2, 0) is 11.8 Å². The van der Waals surface area contributed by atoms with E-state index >= 15 is 0 Å². The van der Waals surface area contributed by atoms with Crippen LogP contribution in [0.5, 0.6) is 0 Å². The van der Waals surface area contributed by atoms with Gasteiger partial charge in [-0.3, -0.25) is 0 Å². The van der Waals surface area contributed by atoms with E-state index in [1.54, 1.807) is 0 Å². The summed E-state index contributed by atoms with van der Waals surface area (Å²) in [4.78, 5) is 2.42. The van der Waals surface area contributed by atoms with Gasteiger partial charge >= 0.3 is 0 Å². The number of anilines is 3.